The summed E-state index contributed by atoms with van der Waals surface area (Å²) in [4.78, 5) is 34.1. The van der Waals surface area contributed by atoms with Gasteiger partial charge in [0.1, 0.15) is 11.8 Å². The molecule has 198 valence electrons. The van der Waals surface area contributed by atoms with Gasteiger partial charge < -0.3 is 19.9 Å². The molecule has 2 aromatic carbocycles. The smallest absolute Gasteiger partial charge is 0.247 e. The zero-order valence-electron chi connectivity index (χ0n) is 21.8. The quantitative estimate of drug-likeness (QED) is 0.250. The molecule has 1 aliphatic carbocycles. The average Bonchev–Trinajstić information content (AvgIpc) is 3.60. The highest BCUT2D eigenvalue weighted by molar-refractivity contribution is 7.09. The summed E-state index contributed by atoms with van der Waals surface area (Å²) < 4.78 is 5.64. The first-order valence-corrected chi connectivity index (χ1v) is 14.4. The maximum Gasteiger partial charge on any atom is 0.247 e. The van der Waals surface area contributed by atoms with E-state index in [-0.39, 0.29) is 24.3 Å². The van der Waals surface area contributed by atoms with Crippen molar-refractivity contribution in [2.45, 2.75) is 64.1 Å². The number of H-pyrrole nitrogens is 1. The van der Waals surface area contributed by atoms with Crippen LogP contribution in [0.1, 0.15) is 61.1 Å². The molecule has 2 N–H and O–H groups in total. The number of rotatable bonds is 10. The number of thiophene rings is 1. The Labute approximate surface area is 228 Å². The van der Waals surface area contributed by atoms with Crippen molar-refractivity contribution in [3.05, 3.63) is 88.2 Å². The molecule has 6 nitrogen and oxygen atoms in total. The Hall–Kier alpha value is -3.58. The second kappa shape index (κ2) is 12.3. The van der Waals surface area contributed by atoms with Gasteiger partial charge in [-0.1, -0.05) is 55.7 Å². The fourth-order valence-corrected chi connectivity index (χ4v) is 6.05. The molecule has 0 unspecified atom stereocenters. The molecule has 2 heterocycles. The van der Waals surface area contributed by atoms with Gasteiger partial charge in [-0.05, 0) is 60.5 Å². The van der Waals surface area contributed by atoms with Gasteiger partial charge in [0.25, 0.3) is 0 Å². The van der Waals surface area contributed by atoms with Crippen LogP contribution in [0.15, 0.2) is 72.2 Å². The number of benzene rings is 2. The van der Waals surface area contributed by atoms with Crippen molar-refractivity contribution in [3.8, 4) is 5.75 Å². The van der Waals surface area contributed by atoms with Crippen molar-refractivity contribution >= 4 is 34.1 Å². The Morgan fingerprint density at radius 2 is 1.84 bits per heavy atom. The van der Waals surface area contributed by atoms with Crippen LogP contribution in [0, 0.1) is 0 Å². The van der Waals surface area contributed by atoms with Crippen LogP contribution < -0.4 is 10.1 Å². The highest BCUT2D eigenvalue weighted by Gasteiger charge is 2.33. The van der Waals surface area contributed by atoms with Gasteiger partial charge in [0.05, 0.1) is 19.6 Å². The molecule has 2 amide bonds. The SMILES string of the molecule is CCOc1ccc([C@H](C(=O)NC2CCCCC2)N(Cc2cccs2)C(=O)Cc2c[nH]c3ccccc23)cc1. The average molecular weight is 530 g/mol. The van der Waals surface area contributed by atoms with E-state index in [1.165, 1.54) is 6.42 Å². The molecule has 2 aromatic heterocycles. The largest absolute Gasteiger partial charge is 0.494 e. The number of nitrogens with one attached hydrogen (secondary N) is 2. The van der Waals surface area contributed by atoms with E-state index in [1.807, 2.05) is 79.2 Å². The first kappa shape index (κ1) is 26.0. The minimum absolute atomic E-state index is 0.0826. The maximum atomic E-state index is 14.1. The fraction of sp³-hybridized carbons (Fsp3) is 0.355. The standard InChI is InChI=1S/C31H35N3O3S/c1-2-37-25-16-14-22(15-17-25)30(31(36)33-24-9-4-3-5-10-24)34(21-26-11-8-18-38-26)29(35)19-23-20-32-28-13-7-6-12-27(23)28/h6-8,11-18,20,24,30,32H,2-5,9-10,19,21H2,1H3,(H,33,36)/t30-/m1/s1. The summed E-state index contributed by atoms with van der Waals surface area (Å²) in [6.07, 6.45) is 7.53. The zero-order valence-corrected chi connectivity index (χ0v) is 22.6. The summed E-state index contributed by atoms with van der Waals surface area (Å²) >= 11 is 1.60. The molecule has 0 bridgehead atoms. The number of amides is 2. The lowest BCUT2D eigenvalue weighted by molar-refractivity contribution is -0.141. The van der Waals surface area contributed by atoms with E-state index in [4.69, 9.17) is 4.74 Å². The molecule has 1 atom stereocenters. The summed E-state index contributed by atoms with van der Waals surface area (Å²) in [5.74, 6) is 0.545. The molecule has 7 heteroatoms. The van der Waals surface area contributed by atoms with Gasteiger partial charge in [-0.25, -0.2) is 0 Å². The lowest BCUT2D eigenvalue weighted by atomic mass is 9.94. The second-order valence-electron chi connectivity index (χ2n) is 9.89. The number of hydrogen-bond donors (Lipinski definition) is 2. The molecule has 1 saturated carbocycles. The van der Waals surface area contributed by atoms with Crippen molar-refractivity contribution in [1.29, 1.82) is 0 Å². The van der Waals surface area contributed by atoms with Gasteiger partial charge in [0.15, 0.2) is 0 Å². The minimum Gasteiger partial charge on any atom is -0.494 e. The molecule has 38 heavy (non-hydrogen) atoms. The third-order valence-corrected chi connectivity index (χ3v) is 8.12. The van der Waals surface area contributed by atoms with Crippen molar-refractivity contribution in [3.63, 3.8) is 0 Å². The molecule has 0 saturated heterocycles. The maximum absolute atomic E-state index is 14.1. The Bertz CT molecular complexity index is 1340. The number of aromatic amines is 1. The van der Waals surface area contributed by atoms with Crippen molar-refractivity contribution in [1.82, 2.24) is 15.2 Å². The van der Waals surface area contributed by atoms with Crippen LogP contribution in [0.3, 0.4) is 0 Å². The third kappa shape index (κ3) is 6.10. The van der Waals surface area contributed by atoms with E-state index in [9.17, 15) is 9.59 Å². The van der Waals surface area contributed by atoms with Gasteiger partial charge >= 0.3 is 0 Å². The molecular weight excluding hydrogens is 494 g/mol. The lowest BCUT2D eigenvalue weighted by Crippen LogP contribution is -2.47. The minimum atomic E-state index is -0.743. The molecule has 0 spiro atoms. The van der Waals surface area contributed by atoms with Crippen LogP contribution in [0.4, 0.5) is 0 Å². The van der Waals surface area contributed by atoms with Gasteiger partial charge in [-0.2, -0.15) is 0 Å². The van der Waals surface area contributed by atoms with E-state index < -0.39 is 6.04 Å². The predicted octanol–water partition coefficient (Wildman–Crippen LogP) is 6.39. The first-order valence-electron chi connectivity index (χ1n) is 13.5. The van der Waals surface area contributed by atoms with Crippen LogP contribution in [0.2, 0.25) is 0 Å². The molecule has 1 aliphatic rings. The van der Waals surface area contributed by atoms with Crippen LogP contribution >= 0.6 is 11.3 Å². The van der Waals surface area contributed by atoms with E-state index in [0.29, 0.717) is 13.2 Å². The summed E-state index contributed by atoms with van der Waals surface area (Å²) in [5, 5.41) is 6.33. The highest BCUT2D eigenvalue weighted by atomic mass is 32.1. The van der Waals surface area contributed by atoms with E-state index in [0.717, 1.165) is 58.3 Å². The number of fused-ring (bicyclic) bond motifs is 1. The first-order chi connectivity index (χ1) is 18.6. The number of nitrogens with zero attached hydrogens (tertiary/aromatic N) is 1. The molecule has 1 fully saturated rings. The Balaban J connectivity index is 1.49. The normalized spacial score (nSPS) is 14.8. The summed E-state index contributed by atoms with van der Waals surface area (Å²) in [5.41, 5.74) is 2.71. The van der Waals surface area contributed by atoms with Crippen molar-refractivity contribution in [2.24, 2.45) is 0 Å². The number of carbonyl (C=O) groups excluding carboxylic acids is 2. The number of aromatic nitrogens is 1. The summed E-state index contributed by atoms with van der Waals surface area (Å²) in [6, 6.07) is 19.0. The number of hydrogen-bond acceptors (Lipinski definition) is 4. The van der Waals surface area contributed by atoms with Gasteiger partial charge in [0, 0.05) is 28.0 Å². The summed E-state index contributed by atoms with van der Waals surface area (Å²) in [7, 11) is 0. The fourth-order valence-electron chi connectivity index (χ4n) is 5.35. The van der Waals surface area contributed by atoms with Crippen LogP contribution in [0.5, 0.6) is 5.75 Å². The summed E-state index contributed by atoms with van der Waals surface area (Å²) in [6.45, 7) is 2.88. The van der Waals surface area contributed by atoms with E-state index >= 15 is 0 Å². The molecule has 5 rings (SSSR count). The Kier molecular flexibility index (Phi) is 8.44. The van der Waals surface area contributed by atoms with Crippen LogP contribution in [0.25, 0.3) is 10.9 Å². The predicted molar refractivity (Wildman–Crippen MR) is 152 cm³/mol. The lowest BCUT2D eigenvalue weighted by Gasteiger charge is -2.33. The van der Waals surface area contributed by atoms with Crippen molar-refractivity contribution < 1.29 is 14.3 Å². The third-order valence-electron chi connectivity index (χ3n) is 7.26. The molecular formula is C31H35N3O3S. The topological polar surface area (TPSA) is 74.4 Å². The molecule has 4 aromatic rings. The number of carbonyl (C=O) groups is 2. The van der Waals surface area contributed by atoms with Gasteiger partial charge in [-0.3, -0.25) is 9.59 Å². The molecule has 0 aliphatic heterocycles. The van der Waals surface area contributed by atoms with Crippen LogP contribution in [-0.4, -0.2) is 34.3 Å². The Morgan fingerprint density at radius 1 is 1.05 bits per heavy atom. The monoisotopic (exact) mass is 529 g/mol. The van der Waals surface area contributed by atoms with Gasteiger partial charge in [0.2, 0.25) is 11.8 Å². The van der Waals surface area contributed by atoms with E-state index in [2.05, 4.69) is 10.3 Å². The zero-order chi connectivity index (χ0) is 26.3. The second-order valence-corrected chi connectivity index (χ2v) is 10.9. The number of ether oxygens (including phenoxy) is 1. The van der Waals surface area contributed by atoms with Crippen LogP contribution in [-0.2, 0) is 22.6 Å². The molecule has 0 radical (unpaired) electrons. The van der Waals surface area contributed by atoms with Crippen molar-refractivity contribution in [2.75, 3.05) is 6.61 Å². The Morgan fingerprint density at radius 3 is 2.58 bits per heavy atom. The van der Waals surface area contributed by atoms with E-state index in [1.54, 1.807) is 16.2 Å². The van der Waals surface area contributed by atoms with Gasteiger partial charge in [-0.15, -0.1) is 11.3 Å². The number of para-hydroxylation sites is 1. The highest BCUT2D eigenvalue weighted by Crippen LogP contribution is 2.29.